The minimum Gasteiger partial charge on any atom is -0.459 e. The van der Waals surface area contributed by atoms with Crippen LogP contribution < -0.4 is 5.56 Å². The molecule has 7 heteroatoms. The molecule has 0 amide bonds. The molecular formula is C14H15BrN2O3S. The molecule has 112 valence electrons. The first kappa shape index (κ1) is 15.9. The first-order valence-electron chi connectivity index (χ1n) is 6.29. The van der Waals surface area contributed by atoms with Crippen molar-refractivity contribution in [1.29, 1.82) is 0 Å². The Balaban J connectivity index is 2.40. The number of carbonyl (C=O) groups is 1. The quantitative estimate of drug-likeness (QED) is 0.778. The van der Waals surface area contributed by atoms with Crippen LogP contribution in [0.1, 0.15) is 20.8 Å². The second kappa shape index (κ2) is 6.11. The molecule has 0 unspecified atom stereocenters. The van der Waals surface area contributed by atoms with Crippen LogP contribution in [-0.2, 0) is 16.1 Å². The van der Waals surface area contributed by atoms with Crippen molar-refractivity contribution in [3.8, 4) is 10.7 Å². The molecular weight excluding hydrogens is 356 g/mol. The Labute approximate surface area is 134 Å². The van der Waals surface area contributed by atoms with E-state index < -0.39 is 11.6 Å². The largest absolute Gasteiger partial charge is 0.459 e. The monoisotopic (exact) mass is 370 g/mol. The SMILES string of the molecule is CC(C)(C)OC(=O)Cn1c(-c2cccs2)ncc(Br)c1=O. The number of rotatable bonds is 3. The van der Waals surface area contributed by atoms with Gasteiger partial charge in [-0.3, -0.25) is 14.2 Å². The van der Waals surface area contributed by atoms with Gasteiger partial charge >= 0.3 is 5.97 Å². The summed E-state index contributed by atoms with van der Waals surface area (Å²) in [7, 11) is 0. The van der Waals surface area contributed by atoms with Crippen LogP contribution in [0.2, 0.25) is 0 Å². The van der Waals surface area contributed by atoms with Gasteiger partial charge < -0.3 is 4.74 Å². The van der Waals surface area contributed by atoms with Crippen molar-refractivity contribution in [2.24, 2.45) is 0 Å². The minimum absolute atomic E-state index is 0.171. The molecule has 2 aromatic heterocycles. The predicted octanol–water partition coefficient (Wildman–Crippen LogP) is 3.08. The molecule has 2 aromatic rings. The molecule has 0 aromatic carbocycles. The van der Waals surface area contributed by atoms with E-state index in [1.54, 1.807) is 20.8 Å². The Morgan fingerprint density at radius 2 is 2.19 bits per heavy atom. The lowest BCUT2D eigenvalue weighted by atomic mass is 10.2. The first-order chi connectivity index (χ1) is 9.78. The molecule has 0 bridgehead atoms. The van der Waals surface area contributed by atoms with Gasteiger partial charge in [0.2, 0.25) is 0 Å². The molecule has 0 fully saturated rings. The van der Waals surface area contributed by atoms with E-state index in [1.807, 2.05) is 17.5 Å². The highest BCUT2D eigenvalue weighted by Gasteiger charge is 2.20. The standard InChI is InChI=1S/C14H15BrN2O3S/c1-14(2,3)20-11(18)8-17-12(10-5-4-6-21-10)16-7-9(15)13(17)19/h4-7H,8H2,1-3H3. The zero-order chi connectivity index (χ0) is 15.6. The number of hydrogen-bond acceptors (Lipinski definition) is 5. The normalized spacial score (nSPS) is 11.4. The molecule has 0 aliphatic carbocycles. The van der Waals surface area contributed by atoms with E-state index >= 15 is 0 Å². The predicted molar refractivity (Wildman–Crippen MR) is 85.4 cm³/mol. The second-order valence-electron chi connectivity index (χ2n) is 5.38. The Hall–Kier alpha value is -1.47. The summed E-state index contributed by atoms with van der Waals surface area (Å²) < 4.78 is 6.91. The number of nitrogens with zero attached hydrogens (tertiary/aromatic N) is 2. The Bertz CT molecular complexity index is 702. The van der Waals surface area contributed by atoms with Gasteiger partial charge in [-0.1, -0.05) is 6.07 Å². The van der Waals surface area contributed by atoms with Crippen LogP contribution in [0.5, 0.6) is 0 Å². The smallest absolute Gasteiger partial charge is 0.326 e. The summed E-state index contributed by atoms with van der Waals surface area (Å²) >= 11 is 4.61. The van der Waals surface area contributed by atoms with Crippen LogP contribution in [0.3, 0.4) is 0 Å². The third kappa shape index (κ3) is 4.01. The molecule has 5 nitrogen and oxygen atoms in total. The van der Waals surface area contributed by atoms with Crippen molar-refractivity contribution in [2.75, 3.05) is 0 Å². The first-order valence-corrected chi connectivity index (χ1v) is 7.96. The number of carbonyl (C=O) groups excluding carboxylic acids is 1. The lowest BCUT2D eigenvalue weighted by Crippen LogP contribution is -2.32. The molecule has 0 saturated carbocycles. The van der Waals surface area contributed by atoms with Crippen molar-refractivity contribution in [3.63, 3.8) is 0 Å². The minimum atomic E-state index is -0.594. The molecule has 0 N–H and O–H groups in total. The maximum atomic E-state index is 12.3. The maximum absolute atomic E-state index is 12.3. The van der Waals surface area contributed by atoms with Crippen LogP contribution in [0.25, 0.3) is 10.7 Å². The van der Waals surface area contributed by atoms with Crippen LogP contribution in [0, 0.1) is 0 Å². The van der Waals surface area contributed by atoms with E-state index in [1.165, 1.54) is 22.1 Å². The average molecular weight is 371 g/mol. The van der Waals surface area contributed by atoms with Crippen LogP contribution >= 0.6 is 27.3 Å². The highest BCUT2D eigenvalue weighted by atomic mass is 79.9. The van der Waals surface area contributed by atoms with E-state index in [-0.39, 0.29) is 12.1 Å². The van der Waals surface area contributed by atoms with E-state index in [2.05, 4.69) is 20.9 Å². The van der Waals surface area contributed by atoms with Crippen LogP contribution in [-0.4, -0.2) is 21.1 Å². The van der Waals surface area contributed by atoms with Crippen molar-refractivity contribution in [1.82, 2.24) is 9.55 Å². The lowest BCUT2D eigenvalue weighted by molar-refractivity contribution is -0.155. The number of halogens is 1. The van der Waals surface area contributed by atoms with Gasteiger partial charge in [0, 0.05) is 6.20 Å². The molecule has 0 saturated heterocycles. The van der Waals surface area contributed by atoms with Crippen LogP contribution in [0.15, 0.2) is 33.0 Å². The Morgan fingerprint density at radius 3 is 2.76 bits per heavy atom. The second-order valence-corrected chi connectivity index (χ2v) is 7.19. The third-order valence-electron chi connectivity index (χ3n) is 2.45. The molecule has 0 spiro atoms. The summed E-state index contributed by atoms with van der Waals surface area (Å²) in [6, 6.07) is 3.72. The third-order valence-corrected chi connectivity index (χ3v) is 3.86. The van der Waals surface area contributed by atoms with E-state index in [0.717, 1.165) is 4.88 Å². The highest BCUT2D eigenvalue weighted by molar-refractivity contribution is 9.10. The number of hydrogen-bond donors (Lipinski definition) is 0. The van der Waals surface area contributed by atoms with Crippen molar-refractivity contribution < 1.29 is 9.53 Å². The molecule has 0 atom stereocenters. The van der Waals surface area contributed by atoms with E-state index in [9.17, 15) is 9.59 Å². The fraction of sp³-hybridized carbons (Fsp3) is 0.357. The van der Waals surface area contributed by atoms with Gasteiger partial charge in [0.1, 0.15) is 16.6 Å². The summed E-state index contributed by atoms with van der Waals surface area (Å²) in [6.45, 7) is 5.18. The summed E-state index contributed by atoms with van der Waals surface area (Å²) in [5, 5.41) is 1.89. The number of esters is 1. The van der Waals surface area contributed by atoms with Gasteiger partial charge in [0.05, 0.1) is 4.88 Å². The summed E-state index contributed by atoms with van der Waals surface area (Å²) in [5.74, 6) is -0.00800. The molecule has 2 rings (SSSR count). The molecule has 21 heavy (non-hydrogen) atoms. The molecule has 0 radical (unpaired) electrons. The Kier molecular flexibility index (Phi) is 4.63. The Morgan fingerprint density at radius 1 is 1.48 bits per heavy atom. The van der Waals surface area contributed by atoms with Gasteiger partial charge in [-0.05, 0) is 48.1 Å². The summed E-state index contributed by atoms with van der Waals surface area (Å²) in [4.78, 5) is 29.3. The number of ether oxygens (including phenoxy) is 1. The van der Waals surface area contributed by atoms with Gasteiger partial charge in [0.15, 0.2) is 5.82 Å². The molecule has 2 heterocycles. The van der Waals surface area contributed by atoms with Gasteiger partial charge in [-0.2, -0.15) is 0 Å². The van der Waals surface area contributed by atoms with Gasteiger partial charge in [-0.15, -0.1) is 11.3 Å². The van der Waals surface area contributed by atoms with E-state index in [0.29, 0.717) is 10.3 Å². The zero-order valence-corrected chi connectivity index (χ0v) is 14.3. The maximum Gasteiger partial charge on any atom is 0.326 e. The molecule has 0 aliphatic rings. The van der Waals surface area contributed by atoms with Gasteiger partial charge in [-0.25, -0.2) is 4.98 Å². The fourth-order valence-electron chi connectivity index (χ4n) is 1.72. The van der Waals surface area contributed by atoms with Crippen molar-refractivity contribution in [3.05, 3.63) is 38.5 Å². The van der Waals surface area contributed by atoms with Crippen molar-refractivity contribution >= 4 is 33.2 Å². The zero-order valence-electron chi connectivity index (χ0n) is 11.9. The molecule has 0 aliphatic heterocycles. The summed E-state index contributed by atoms with van der Waals surface area (Å²) in [6.07, 6.45) is 1.45. The topological polar surface area (TPSA) is 61.2 Å². The highest BCUT2D eigenvalue weighted by Crippen LogP contribution is 2.22. The number of thiophene rings is 1. The fourth-order valence-corrected chi connectivity index (χ4v) is 2.77. The van der Waals surface area contributed by atoms with Crippen LogP contribution in [0.4, 0.5) is 0 Å². The number of aromatic nitrogens is 2. The average Bonchev–Trinajstić information content (AvgIpc) is 2.86. The van der Waals surface area contributed by atoms with E-state index in [4.69, 9.17) is 4.74 Å². The summed E-state index contributed by atoms with van der Waals surface area (Å²) in [5.41, 5.74) is -0.900. The van der Waals surface area contributed by atoms with Gasteiger partial charge in [0.25, 0.3) is 5.56 Å². The lowest BCUT2D eigenvalue weighted by Gasteiger charge is -2.20. The van der Waals surface area contributed by atoms with Crippen molar-refractivity contribution in [2.45, 2.75) is 32.9 Å².